The van der Waals surface area contributed by atoms with E-state index in [-0.39, 0.29) is 11.9 Å². The van der Waals surface area contributed by atoms with Gasteiger partial charge in [-0.2, -0.15) is 5.10 Å². The number of fused-ring (bicyclic) bond motifs is 1. The Balaban J connectivity index is 1.19. The van der Waals surface area contributed by atoms with Crippen molar-refractivity contribution >= 4 is 11.4 Å². The standard InChI is InChI=1S/C26H35FN4O/c1-19(29-15-11-23(32)12-16-29)26-24-6-3-7-25(24)31(28-26)17-10-20-8-13-30(14-9-20)22-5-2-4-21(27)18-22/h2,4-5,18,20,23,32H,1,3,6-17H2. The number of benzene rings is 1. The van der Waals surface area contributed by atoms with E-state index in [1.807, 2.05) is 6.07 Å². The van der Waals surface area contributed by atoms with Crippen LogP contribution in [-0.4, -0.2) is 52.1 Å². The van der Waals surface area contributed by atoms with Crippen molar-refractivity contribution in [2.45, 2.75) is 64.0 Å². The zero-order chi connectivity index (χ0) is 22.1. The fourth-order valence-electron chi connectivity index (χ4n) is 5.67. The number of piperidine rings is 2. The smallest absolute Gasteiger partial charge is 0.125 e. The summed E-state index contributed by atoms with van der Waals surface area (Å²) in [6.45, 7) is 9.09. The number of aliphatic hydroxyl groups excluding tert-OH is 1. The molecule has 0 amide bonds. The van der Waals surface area contributed by atoms with Crippen molar-refractivity contribution < 1.29 is 9.50 Å². The van der Waals surface area contributed by atoms with E-state index < -0.39 is 0 Å². The Morgan fingerprint density at radius 2 is 1.88 bits per heavy atom. The fourth-order valence-corrected chi connectivity index (χ4v) is 5.67. The number of nitrogens with zero attached hydrogens (tertiary/aromatic N) is 4. The normalized spacial score (nSPS) is 20.1. The summed E-state index contributed by atoms with van der Waals surface area (Å²) in [6, 6.07) is 6.96. The zero-order valence-corrected chi connectivity index (χ0v) is 19.0. The SMILES string of the molecule is C=C(c1nn(CCC2CCN(c3cccc(F)c3)CC2)c2c1CCC2)N1CCC(O)CC1. The molecule has 1 aromatic heterocycles. The molecule has 0 radical (unpaired) electrons. The largest absolute Gasteiger partial charge is 0.393 e. The maximum Gasteiger partial charge on any atom is 0.125 e. The van der Waals surface area contributed by atoms with Crippen LogP contribution in [0.15, 0.2) is 30.8 Å². The molecule has 0 unspecified atom stereocenters. The van der Waals surface area contributed by atoms with Gasteiger partial charge in [-0.25, -0.2) is 4.39 Å². The van der Waals surface area contributed by atoms with E-state index in [4.69, 9.17) is 5.10 Å². The molecule has 0 atom stereocenters. The van der Waals surface area contributed by atoms with E-state index in [1.165, 1.54) is 23.7 Å². The summed E-state index contributed by atoms with van der Waals surface area (Å²) in [5.74, 6) is 0.534. The molecule has 32 heavy (non-hydrogen) atoms. The summed E-state index contributed by atoms with van der Waals surface area (Å²) < 4.78 is 15.8. The number of likely N-dealkylation sites (tertiary alicyclic amines) is 1. The minimum Gasteiger partial charge on any atom is -0.393 e. The van der Waals surface area contributed by atoms with Crippen LogP contribution in [0, 0.1) is 11.7 Å². The molecular weight excluding hydrogens is 403 g/mol. The molecule has 2 saturated heterocycles. The number of aliphatic hydroxyl groups is 1. The van der Waals surface area contributed by atoms with Gasteiger partial charge in [-0.05, 0) is 75.5 Å². The van der Waals surface area contributed by atoms with Crippen LogP contribution in [0.4, 0.5) is 10.1 Å². The van der Waals surface area contributed by atoms with Crippen molar-refractivity contribution in [2.24, 2.45) is 5.92 Å². The van der Waals surface area contributed by atoms with Gasteiger partial charge in [-0.3, -0.25) is 4.68 Å². The number of rotatable bonds is 6. The van der Waals surface area contributed by atoms with Crippen LogP contribution in [0.25, 0.3) is 5.70 Å². The monoisotopic (exact) mass is 438 g/mol. The van der Waals surface area contributed by atoms with Gasteiger partial charge in [0, 0.05) is 49.7 Å². The van der Waals surface area contributed by atoms with Crippen LogP contribution in [0.5, 0.6) is 0 Å². The third-order valence-electron chi connectivity index (χ3n) is 7.66. The van der Waals surface area contributed by atoms with Gasteiger partial charge in [0.15, 0.2) is 0 Å². The van der Waals surface area contributed by atoms with Crippen LogP contribution in [0.2, 0.25) is 0 Å². The van der Waals surface area contributed by atoms with Gasteiger partial charge in [-0.15, -0.1) is 0 Å². The van der Waals surface area contributed by atoms with Crippen LogP contribution in [0.3, 0.4) is 0 Å². The second kappa shape index (κ2) is 9.26. The van der Waals surface area contributed by atoms with E-state index in [2.05, 4.69) is 21.1 Å². The molecule has 6 heteroatoms. The van der Waals surface area contributed by atoms with Crippen LogP contribution >= 0.6 is 0 Å². The fraction of sp³-hybridized carbons (Fsp3) is 0.577. The second-order valence-corrected chi connectivity index (χ2v) is 9.71. The van der Waals surface area contributed by atoms with Crippen molar-refractivity contribution in [1.82, 2.24) is 14.7 Å². The number of aryl methyl sites for hydroxylation is 1. The van der Waals surface area contributed by atoms with Gasteiger partial charge in [0.2, 0.25) is 0 Å². The Labute approximate surface area is 190 Å². The molecule has 2 fully saturated rings. The molecule has 2 aromatic rings. The predicted molar refractivity (Wildman–Crippen MR) is 126 cm³/mol. The molecule has 2 aliphatic heterocycles. The van der Waals surface area contributed by atoms with E-state index in [1.54, 1.807) is 12.1 Å². The molecule has 0 bridgehead atoms. The summed E-state index contributed by atoms with van der Waals surface area (Å²) in [6.07, 6.45) is 8.33. The number of anilines is 1. The van der Waals surface area contributed by atoms with Crippen LogP contribution in [-0.2, 0) is 19.4 Å². The zero-order valence-electron chi connectivity index (χ0n) is 19.0. The predicted octanol–water partition coefficient (Wildman–Crippen LogP) is 4.25. The van der Waals surface area contributed by atoms with E-state index in [0.29, 0.717) is 5.92 Å². The minimum absolute atomic E-state index is 0.157. The first-order chi connectivity index (χ1) is 15.6. The lowest BCUT2D eigenvalue weighted by Crippen LogP contribution is -2.34. The number of halogens is 1. The van der Waals surface area contributed by atoms with Gasteiger partial charge < -0.3 is 14.9 Å². The summed E-state index contributed by atoms with van der Waals surface area (Å²) in [5, 5.41) is 14.9. The highest BCUT2D eigenvalue weighted by molar-refractivity contribution is 5.63. The minimum atomic E-state index is -0.172. The maximum atomic E-state index is 13.6. The Morgan fingerprint density at radius 3 is 2.62 bits per heavy atom. The van der Waals surface area contributed by atoms with Gasteiger partial charge in [0.25, 0.3) is 0 Å². The molecule has 3 heterocycles. The average Bonchev–Trinajstić information content (AvgIpc) is 3.41. The summed E-state index contributed by atoms with van der Waals surface area (Å²) >= 11 is 0. The molecule has 1 N–H and O–H groups in total. The highest BCUT2D eigenvalue weighted by atomic mass is 19.1. The summed E-state index contributed by atoms with van der Waals surface area (Å²) in [4.78, 5) is 4.61. The first kappa shape index (κ1) is 21.5. The highest BCUT2D eigenvalue weighted by Gasteiger charge is 2.28. The van der Waals surface area contributed by atoms with Crippen molar-refractivity contribution in [1.29, 1.82) is 0 Å². The van der Waals surface area contributed by atoms with Gasteiger partial charge >= 0.3 is 0 Å². The number of hydrogen-bond acceptors (Lipinski definition) is 4. The Hall–Kier alpha value is -2.34. The van der Waals surface area contributed by atoms with Crippen molar-refractivity contribution in [3.8, 4) is 0 Å². The molecule has 5 nitrogen and oxygen atoms in total. The molecule has 3 aliphatic rings. The quantitative estimate of drug-likeness (QED) is 0.733. The van der Waals surface area contributed by atoms with Crippen molar-refractivity contribution in [2.75, 3.05) is 31.1 Å². The lowest BCUT2D eigenvalue weighted by molar-refractivity contribution is 0.106. The Morgan fingerprint density at radius 1 is 1.09 bits per heavy atom. The third-order valence-corrected chi connectivity index (χ3v) is 7.66. The first-order valence-corrected chi connectivity index (χ1v) is 12.3. The first-order valence-electron chi connectivity index (χ1n) is 12.3. The third kappa shape index (κ3) is 4.42. The molecule has 1 aliphatic carbocycles. The second-order valence-electron chi connectivity index (χ2n) is 9.71. The molecular formula is C26H35FN4O. The Kier molecular flexibility index (Phi) is 6.22. The average molecular weight is 439 g/mol. The molecule has 0 saturated carbocycles. The van der Waals surface area contributed by atoms with Crippen molar-refractivity contribution in [3.63, 3.8) is 0 Å². The van der Waals surface area contributed by atoms with Crippen LogP contribution in [0.1, 0.15) is 55.5 Å². The summed E-state index contributed by atoms with van der Waals surface area (Å²) in [7, 11) is 0. The van der Waals surface area contributed by atoms with E-state index >= 15 is 0 Å². The topological polar surface area (TPSA) is 44.5 Å². The molecule has 172 valence electrons. The molecule has 5 rings (SSSR count). The van der Waals surface area contributed by atoms with Gasteiger partial charge in [-0.1, -0.05) is 12.6 Å². The number of aromatic nitrogens is 2. The summed E-state index contributed by atoms with van der Waals surface area (Å²) in [5.41, 5.74) is 5.95. The Bertz CT molecular complexity index is 955. The lowest BCUT2D eigenvalue weighted by Gasteiger charge is -2.33. The van der Waals surface area contributed by atoms with Crippen molar-refractivity contribution in [3.05, 3.63) is 53.6 Å². The van der Waals surface area contributed by atoms with E-state index in [9.17, 15) is 9.50 Å². The molecule has 1 aromatic carbocycles. The number of hydrogen-bond donors (Lipinski definition) is 1. The lowest BCUT2D eigenvalue weighted by atomic mass is 9.93. The highest BCUT2D eigenvalue weighted by Crippen LogP contribution is 2.33. The van der Waals surface area contributed by atoms with Gasteiger partial charge in [0.05, 0.1) is 11.8 Å². The van der Waals surface area contributed by atoms with Crippen LogP contribution < -0.4 is 4.90 Å². The maximum absolute atomic E-state index is 13.6. The molecule has 0 spiro atoms. The van der Waals surface area contributed by atoms with E-state index in [0.717, 1.165) is 94.7 Å². The van der Waals surface area contributed by atoms with Gasteiger partial charge in [0.1, 0.15) is 11.5 Å².